The molecule has 1 spiro atoms. The van der Waals surface area contributed by atoms with Crippen LogP contribution in [0.3, 0.4) is 0 Å². The quantitative estimate of drug-likeness (QED) is 0.485. The van der Waals surface area contributed by atoms with Crippen LogP contribution in [0.5, 0.6) is 0 Å². The van der Waals surface area contributed by atoms with Gasteiger partial charge in [-0.25, -0.2) is 4.79 Å². The lowest BCUT2D eigenvalue weighted by atomic mass is 9.94. The molecule has 1 aromatic rings. The second-order valence-corrected chi connectivity index (χ2v) is 8.55. The van der Waals surface area contributed by atoms with Gasteiger partial charge in [0.2, 0.25) is 0 Å². The van der Waals surface area contributed by atoms with Crippen LogP contribution in [0.15, 0.2) is 24.3 Å². The van der Waals surface area contributed by atoms with Crippen molar-refractivity contribution in [2.45, 2.75) is 63.4 Å². The van der Waals surface area contributed by atoms with E-state index in [1.54, 1.807) is 0 Å². The van der Waals surface area contributed by atoms with Crippen molar-refractivity contribution in [2.24, 2.45) is 0 Å². The standard InChI is InChI=1S/C22H32NO4.BrH/c1-25-21(24)19-9-7-18(8-10-19)15-23(13-5-6-14-23)16-20-17-26-22(27-20)11-3-2-4-12-22;/h7-10,20H,2-6,11-17H2,1H3;1H/q+1;/p-1. The van der Waals surface area contributed by atoms with E-state index in [2.05, 4.69) is 12.1 Å². The zero-order valence-corrected chi connectivity index (χ0v) is 18.4. The lowest BCUT2D eigenvalue weighted by Crippen LogP contribution is -3.00. The fourth-order valence-corrected chi connectivity index (χ4v) is 5.15. The van der Waals surface area contributed by atoms with Crippen molar-refractivity contribution in [3.8, 4) is 0 Å². The van der Waals surface area contributed by atoms with Crippen molar-refractivity contribution in [3.05, 3.63) is 35.4 Å². The summed E-state index contributed by atoms with van der Waals surface area (Å²) in [4.78, 5) is 11.7. The number of nitrogens with zero attached hydrogens (tertiary/aromatic N) is 1. The molecule has 0 bridgehead atoms. The first-order chi connectivity index (χ1) is 13.1. The van der Waals surface area contributed by atoms with Gasteiger partial charge >= 0.3 is 5.97 Å². The van der Waals surface area contributed by atoms with Crippen molar-refractivity contribution in [1.29, 1.82) is 0 Å². The van der Waals surface area contributed by atoms with Gasteiger partial charge in [-0.1, -0.05) is 18.6 Å². The maximum Gasteiger partial charge on any atom is 0.337 e. The van der Waals surface area contributed by atoms with E-state index >= 15 is 0 Å². The summed E-state index contributed by atoms with van der Waals surface area (Å²) >= 11 is 0. The molecular weight excluding hydrogens is 422 g/mol. The molecule has 3 fully saturated rings. The molecular formula is C22H32BrNO4. The Labute approximate surface area is 178 Å². The zero-order chi connectivity index (χ0) is 18.7. The van der Waals surface area contributed by atoms with E-state index in [9.17, 15) is 4.79 Å². The molecule has 0 N–H and O–H groups in total. The molecule has 2 heterocycles. The summed E-state index contributed by atoms with van der Waals surface area (Å²) in [6.07, 6.45) is 8.62. The molecule has 1 saturated carbocycles. The number of methoxy groups -OCH3 is 1. The molecule has 4 rings (SSSR count). The molecule has 2 aliphatic heterocycles. The number of rotatable bonds is 5. The van der Waals surface area contributed by atoms with Crippen LogP contribution in [0, 0.1) is 0 Å². The average molecular weight is 454 g/mol. The summed E-state index contributed by atoms with van der Waals surface area (Å²) in [5, 5.41) is 0. The molecule has 1 atom stereocenters. The van der Waals surface area contributed by atoms with Gasteiger partial charge in [0, 0.05) is 31.2 Å². The number of carbonyl (C=O) groups is 1. The number of hydrogen-bond acceptors (Lipinski definition) is 4. The molecule has 156 valence electrons. The third-order valence-electron chi connectivity index (χ3n) is 6.53. The van der Waals surface area contributed by atoms with Crippen LogP contribution >= 0.6 is 0 Å². The average Bonchev–Trinajstić information content (AvgIpc) is 3.30. The number of carbonyl (C=O) groups excluding carboxylic acids is 1. The van der Waals surface area contributed by atoms with Crippen LogP contribution < -0.4 is 17.0 Å². The highest BCUT2D eigenvalue weighted by molar-refractivity contribution is 5.89. The molecule has 5 nitrogen and oxygen atoms in total. The Morgan fingerprint density at radius 1 is 1.11 bits per heavy atom. The molecule has 1 aromatic carbocycles. The minimum Gasteiger partial charge on any atom is -1.00 e. The first-order valence-corrected chi connectivity index (χ1v) is 10.5. The van der Waals surface area contributed by atoms with Crippen molar-refractivity contribution < 1.29 is 40.5 Å². The monoisotopic (exact) mass is 453 g/mol. The van der Waals surface area contributed by atoms with Crippen molar-refractivity contribution in [1.82, 2.24) is 0 Å². The Morgan fingerprint density at radius 3 is 2.43 bits per heavy atom. The van der Waals surface area contributed by atoms with E-state index in [0.717, 1.165) is 37.0 Å². The van der Waals surface area contributed by atoms with E-state index in [4.69, 9.17) is 14.2 Å². The summed E-state index contributed by atoms with van der Waals surface area (Å²) in [5.74, 6) is -0.560. The second-order valence-electron chi connectivity index (χ2n) is 8.55. The third-order valence-corrected chi connectivity index (χ3v) is 6.53. The highest BCUT2D eigenvalue weighted by atomic mass is 79.9. The molecule has 3 aliphatic rings. The molecule has 0 aromatic heterocycles. The van der Waals surface area contributed by atoms with E-state index in [1.165, 1.54) is 57.9 Å². The second kappa shape index (κ2) is 9.24. The molecule has 2 saturated heterocycles. The van der Waals surface area contributed by atoms with Gasteiger partial charge < -0.3 is 35.7 Å². The fraction of sp³-hybridized carbons (Fsp3) is 0.682. The number of quaternary nitrogens is 1. The Bertz CT molecular complexity index is 651. The number of likely N-dealkylation sites (tertiary alicyclic amines) is 1. The van der Waals surface area contributed by atoms with E-state index < -0.39 is 0 Å². The highest BCUT2D eigenvalue weighted by Gasteiger charge is 2.46. The molecule has 1 aliphatic carbocycles. The Kier molecular flexibility index (Phi) is 7.18. The summed E-state index contributed by atoms with van der Waals surface area (Å²) < 4.78 is 18.5. The normalized spacial score (nSPS) is 25.4. The maximum absolute atomic E-state index is 11.7. The Balaban J connectivity index is 0.00000225. The van der Waals surface area contributed by atoms with Crippen molar-refractivity contribution in [2.75, 3.05) is 33.4 Å². The van der Waals surface area contributed by atoms with Crippen LogP contribution in [-0.2, 0) is 20.8 Å². The van der Waals surface area contributed by atoms with Gasteiger partial charge in [-0.15, -0.1) is 0 Å². The molecule has 28 heavy (non-hydrogen) atoms. The van der Waals surface area contributed by atoms with Gasteiger partial charge in [0.05, 0.1) is 32.4 Å². The lowest BCUT2D eigenvalue weighted by molar-refractivity contribution is -0.932. The molecule has 6 heteroatoms. The number of hydrogen-bond donors (Lipinski definition) is 0. The highest BCUT2D eigenvalue weighted by Crippen LogP contribution is 2.39. The zero-order valence-electron chi connectivity index (χ0n) is 16.8. The minimum atomic E-state index is -0.283. The molecule has 0 radical (unpaired) electrons. The van der Waals surface area contributed by atoms with Crippen LogP contribution in [-0.4, -0.2) is 55.7 Å². The van der Waals surface area contributed by atoms with Gasteiger partial charge in [0.1, 0.15) is 19.2 Å². The van der Waals surface area contributed by atoms with Crippen LogP contribution in [0.2, 0.25) is 0 Å². The SMILES string of the molecule is COC(=O)c1ccc(C[N+]2(CC3COC4(CCCCC4)O3)CCCC2)cc1.[Br-]. The van der Waals surface area contributed by atoms with Gasteiger partial charge in [0.25, 0.3) is 0 Å². The summed E-state index contributed by atoms with van der Waals surface area (Å²) in [5.41, 5.74) is 1.89. The number of halogens is 1. The van der Waals surface area contributed by atoms with Crippen LogP contribution in [0.1, 0.15) is 60.9 Å². The smallest absolute Gasteiger partial charge is 0.337 e. The first kappa shape index (κ1) is 21.8. The predicted molar refractivity (Wildman–Crippen MR) is 102 cm³/mol. The molecule has 0 amide bonds. The van der Waals surface area contributed by atoms with Crippen LogP contribution in [0.4, 0.5) is 0 Å². The maximum atomic E-state index is 11.7. The largest absolute Gasteiger partial charge is 1.00 e. The summed E-state index contributed by atoms with van der Waals surface area (Å²) in [6, 6.07) is 7.89. The lowest BCUT2D eigenvalue weighted by Gasteiger charge is -2.37. The third kappa shape index (κ3) is 4.78. The molecule has 1 unspecified atom stereocenters. The van der Waals surface area contributed by atoms with Crippen molar-refractivity contribution >= 4 is 5.97 Å². The topological polar surface area (TPSA) is 44.8 Å². The van der Waals surface area contributed by atoms with Gasteiger partial charge in [0.15, 0.2) is 5.79 Å². The summed E-state index contributed by atoms with van der Waals surface area (Å²) in [7, 11) is 1.42. The Morgan fingerprint density at radius 2 is 1.79 bits per heavy atom. The minimum absolute atomic E-state index is 0. The number of ether oxygens (including phenoxy) is 3. The van der Waals surface area contributed by atoms with E-state index in [0.29, 0.717) is 5.56 Å². The summed E-state index contributed by atoms with van der Waals surface area (Å²) in [6.45, 7) is 5.16. The first-order valence-electron chi connectivity index (χ1n) is 10.5. The van der Waals surface area contributed by atoms with Gasteiger partial charge in [-0.3, -0.25) is 0 Å². The van der Waals surface area contributed by atoms with Crippen molar-refractivity contribution in [3.63, 3.8) is 0 Å². The number of esters is 1. The van der Waals surface area contributed by atoms with Crippen LogP contribution in [0.25, 0.3) is 0 Å². The predicted octanol–water partition coefficient (Wildman–Crippen LogP) is 0.664. The van der Waals surface area contributed by atoms with Gasteiger partial charge in [-0.05, 0) is 25.0 Å². The van der Waals surface area contributed by atoms with E-state index in [1.807, 2.05) is 12.1 Å². The Hall–Kier alpha value is -0.950. The fourth-order valence-electron chi connectivity index (χ4n) is 5.15. The van der Waals surface area contributed by atoms with Gasteiger partial charge in [-0.2, -0.15) is 0 Å². The number of benzene rings is 1. The van der Waals surface area contributed by atoms with E-state index in [-0.39, 0.29) is 34.8 Å².